The molecule has 0 aliphatic heterocycles. The largest absolute Gasteiger partial charge is 0.443 e. The van der Waals surface area contributed by atoms with Crippen LogP contribution in [0.4, 0.5) is 15.4 Å². The van der Waals surface area contributed by atoms with E-state index in [9.17, 15) is 9.59 Å². The number of aromatic nitrogens is 3. The zero-order chi connectivity index (χ0) is 29.8. The summed E-state index contributed by atoms with van der Waals surface area (Å²) in [5.74, 6) is 2.00. The number of imidazole rings is 1. The van der Waals surface area contributed by atoms with Crippen LogP contribution in [0.3, 0.4) is 0 Å². The molecule has 0 fully saturated rings. The second-order valence-electron chi connectivity index (χ2n) is 12.5. The SMILES string of the molecule is CCCCc1nc2c(N(C(=O)OC(C)(C)C)C(=O)OC(C)(C)C)nc3c(c2n1CCSc1ccccc1)CCCC3. The Balaban J connectivity index is 1.88. The Morgan fingerprint density at radius 3 is 2.20 bits per heavy atom. The first-order chi connectivity index (χ1) is 19.4. The number of anilines is 1. The molecule has 2 amide bonds. The van der Waals surface area contributed by atoms with Crippen LogP contribution in [0.25, 0.3) is 11.0 Å². The number of hydrogen-bond donors (Lipinski definition) is 0. The molecule has 0 bridgehead atoms. The molecule has 1 aliphatic carbocycles. The van der Waals surface area contributed by atoms with Crippen molar-refractivity contribution in [2.75, 3.05) is 10.7 Å². The summed E-state index contributed by atoms with van der Waals surface area (Å²) < 4.78 is 13.7. The summed E-state index contributed by atoms with van der Waals surface area (Å²) in [7, 11) is 0. The Labute approximate surface area is 248 Å². The highest BCUT2D eigenvalue weighted by Gasteiger charge is 2.37. The minimum absolute atomic E-state index is 0.191. The van der Waals surface area contributed by atoms with Crippen molar-refractivity contribution in [2.45, 2.75) is 116 Å². The number of imide groups is 1. The Kier molecular flexibility index (Phi) is 9.67. The molecule has 2 aromatic heterocycles. The number of amides is 2. The van der Waals surface area contributed by atoms with Crippen LogP contribution in [0, 0.1) is 0 Å². The lowest BCUT2D eigenvalue weighted by atomic mass is 9.94. The third-order valence-electron chi connectivity index (χ3n) is 6.67. The summed E-state index contributed by atoms with van der Waals surface area (Å²) >= 11 is 1.81. The molecule has 0 N–H and O–H groups in total. The molecule has 0 saturated heterocycles. The van der Waals surface area contributed by atoms with Gasteiger partial charge in [-0.05, 0) is 91.3 Å². The monoisotopic (exact) mass is 580 g/mol. The first kappa shape index (κ1) is 30.9. The van der Waals surface area contributed by atoms with E-state index in [0.29, 0.717) is 5.52 Å². The van der Waals surface area contributed by atoms with Gasteiger partial charge in [0.25, 0.3) is 0 Å². The van der Waals surface area contributed by atoms with Gasteiger partial charge in [-0.25, -0.2) is 19.6 Å². The lowest BCUT2D eigenvalue weighted by Crippen LogP contribution is -2.44. The maximum Gasteiger partial charge on any atom is 0.425 e. The van der Waals surface area contributed by atoms with E-state index >= 15 is 0 Å². The molecule has 1 aliphatic rings. The zero-order valence-electron chi connectivity index (χ0n) is 25.6. The van der Waals surface area contributed by atoms with Crippen molar-refractivity contribution >= 4 is 40.8 Å². The molecule has 0 atom stereocenters. The van der Waals surface area contributed by atoms with Crippen molar-refractivity contribution in [3.05, 3.63) is 47.4 Å². The van der Waals surface area contributed by atoms with E-state index in [0.717, 1.165) is 79.2 Å². The van der Waals surface area contributed by atoms with E-state index in [1.165, 1.54) is 10.5 Å². The van der Waals surface area contributed by atoms with E-state index in [1.54, 1.807) is 41.5 Å². The van der Waals surface area contributed by atoms with Gasteiger partial charge in [0.2, 0.25) is 0 Å². The van der Waals surface area contributed by atoms with Crippen LogP contribution in [0.1, 0.15) is 91.2 Å². The zero-order valence-corrected chi connectivity index (χ0v) is 26.4. The second-order valence-corrected chi connectivity index (χ2v) is 13.7. The third-order valence-corrected chi connectivity index (χ3v) is 7.66. The Morgan fingerprint density at radius 2 is 1.59 bits per heavy atom. The normalized spacial score (nSPS) is 13.6. The average Bonchev–Trinajstić information content (AvgIpc) is 3.25. The number of pyridine rings is 1. The molecule has 0 spiro atoms. The predicted molar refractivity (Wildman–Crippen MR) is 165 cm³/mol. The highest BCUT2D eigenvalue weighted by molar-refractivity contribution is 7.99. The highest BCUT2D eigenvalue weighted by atomic mass is 32.2. The van der Waals surface area contributed by atoms with Crippen LogP contribution in [-0.4, -0.2) is 43.7 Å². The summed E-state index contributed by atoms with van der Waals surface area (Å²) in [5.41, 5.74) is 1.98. The van der Waals surface area contributed by atoms with Gasteiger partial charge in [-0.3, -0.25) is 0 Å². The second kappa shape index (κ2) is 12.8. The molecule has 0 radical (unpaired) electrons. The minimum Gasteiger partial charge on any atom is -0.443 e. The van der Waals surface area contributed by atoms with E-state index in [4.69, 9.17) is 19.4 Å². The van der Waals surface area contributed by atoms with Gasteiger partial charge < -0.3 is 14.0 Å². The molecule has 3 aromatic rings. The third kappa shape index (κ3) is 7.82. The standard InChI is InChI=1S/C32H44N4O4S/c1-8-9-19-25-34-26-27(35(25)20-21-41-22-15-11-10-12-16-22)23-17-13-14-18-24(23)33-28(26)36(29(37)39-31(2,3)4)30(38)40-32(5,6)7/h10-12,15-16H,8-9,13-14,17-21H2,1-7H3. The number of benzene rings is 1. The Morgan fingerprint density at radius 1 is 0.951 bits per heavy atom. The summed E-state index contributed by atoms with van der Waals surface area (Å²) in [6, 6.07) is 10.4. The molecule has 0 saturated carbocycles. The first-order valence-electron chi connectivity index (χ1n) is 14.7. The molecule has 2 heterocycles. The van der Waals surface area contributed by atoms with Crippen LogP contribution >= 0.6 is 11.8 Å². The van der Waals surface area contributed by atoms with Crippen molar-refractivity contribution in [3.63, 3.8) is 0 Å². The number of fused-ring (bicyclic) bond motifs is 3. The number of thioether (sulfide) groups is 1. The Hall–Kier alpha value is -3.07. The van der Waals surface area contributed by atoms with Crippen LogP contribution in [-0.2, 0) is 35.3 Å². The molecule has 1 aromatic carbocycles. The van der Waals surface area contributed by atoms with E-state index in [1.807, 2.05) is 17.8 Å². The topological polar surface area (TPSA) is 86.6 Å². The smallest absolute Gasteiger partial charge is 0.425 e. The van der Waals surface area contributed by atoms with Crippen molar-refractivity contribution < 1.29 is 19.1 Å². The quantitative estimate of drug-likeness (QED) is 0.249. The summed E-state index contributed by atoms with van der Waals surface area (Å²) in [5, 5.41) is 0. The number of carbonyl (C=O) groups is 2. The number of rotatable bonds is 8. The number of nitrogens with zero attached hydrogens (tertiary/aromatic N) is 4. The van der Waals surface area contributed by atoms with E-state index < -0.39 is 23.4 Å². The van der Waals surface area contributed by atoms with Crippen molar-refractivity contribution in [2.24, 2.45) is 0 Å². The molecule has 8 nitrogen and oxygen atoms in total. The van der Waals surface area contributed by atoms with Gasteiger partial charge in [-0.1, -0.05) is 31.5 Å². The molecule has 9 heteroatoms. The molecule has 41 heavy (non-hydrogen) atoms. The van der Waals surface area contributed by atoms with Gasteiger partial charge in [0.1, 0.15) is 22.5 Å². The lowest BCUT2D eigenvalue weighted by molar-refractivity contribution is 0.0429. The van der Waals surface area contributed by atoms with Crippen LogP contribution in [0.2, 0.25) is 0 Å². The van der Waals surface area contributed by atoms with Crippen LogP contribution in [0.5, 0.6) is 0 Å². The Bertz CT molecular complexity index is 1340. The van der Waals surface area contributed by atoms with Gasteiger partial charge >= 0.3 is 12.2 Å². The van der Waals surface area contributed by atoms with E-state index in [-0.39, 0.29) is 5.82 Å². The van der Waals surface area contributed by atoms with Gasteiger partial charge in [0, 0.05) is 29.3 Å². The molecule has 4 rings (SSSR count). The minimum atomic E-state index is -0.819. The first-order valence-corrected chi connectivity index (χ1v) is 15.7. The molecule has 222 valence electrons. The average molecular weight is 581 g/mol. The maximum absolute atomic E-state index is 13.6. The van der Waals surface area contributed by atoms with Gasteiger partial charge in [0.15, 0.2) is 5.82 Å². The van der Waals surface area contributed by atoms with Crippen LogP contribution in [0.15, 0.2) is 35.2 Å². The van der Waals surface area contributed by atoms with Crippen molar-refractivity contribution in [1.29, 1.82) is 0 Å². The van der Waals surface area contributed by atoms with E-state index in [2.05, 4.69) is 35.8 Å². The fraction of sp³-hybridized carbons (Fsp3) is 0.562. The number of carbonyl (C=O) groups excluding carboxylic acids is 2. The summed E-state index contributed by atoms with van der Waals surface area (Å²) in [6.07, 6.45) is 4.93. The fourth-order valence-electron chi connectivity index (χ4n) is 4.97. The van der Waals surface area contributed by atoms with Gasteiger partial charge in [0.05, 0.1) is 5.52 Å². The predicted octanol–water partition coefficient (Wildman–Crippen LogP) is 8.12. The lowest BCUT2D eigenvalue weighted by Gasteiger charge is -2.29. The molecular weight excluding hydrogens is 536 g/mol. The fourth-order valence-corrected chi connectivity index (χ4v) is 5.83. The van der Waals surface area contributed by atoms with Crippen molar-refractivity contribution in [1.82, 2.24) is 14.5 Å². The molecule has 0 unspecified atom stereocenters. The van der Waals surface area contributed by atoms with Gasteiger partial charge in [-0.15, -0.1) is 11.8 Å². The number of hydrogen-bond acceptors (Lipinski definition) is 7. The van der Waals surface area contributed by atoms with Gasteiger partial charge in [-0.2, -0.15) is 4.90 Å². The van der Waals surface area contributed by atoms with Crippen molar-refractivity contribution in [3.8, 4) is 0 Å². The number of ether oxygens (including phenoxy) is 2. The number of aryl methyl sites for hydroxylation is 4. The maximum atomic E-state index is 13.6. The number of unbranched alkanes of at least 4 members (excludes halogenated alkanes) is 1. The highest BCUT2D eigenvalue weighted by Crippen LogP contribution is 2.36. The summed E-state index contributed by atoms with van der Waals surface area (Å²) in [6.45, 7) is 13.6. The van der Waals surface area contributed by atoms with Crippen LogP contribution < -0.4 is 4.90 Å². The molecular formula is C32H44N4O4S. The summed E-state index contributed by atoms with van der Waals surface area (Å²) in [4.78, 5) is 39.4.